The van der Waals surface area contributed by atoms with Crippen LogP contribution < -0.4 is 5.43 Å². The normalized spacial score (nSPS) is 11.3. The maximum atomic E-state index is 12.3. The second-order valence-electron chi connectivity index (χ2n) is 4.76. The number of amides is 1. The first-order chi connectivity index (χ1) is 11.5. The number of benzene rings is 2. The first-order valence-electron chi connectivity index (χ1n) is 6.61. The van der Waals surface area contributed by atoms with E-state index in [1.807, 2.05) is 0 Å². The van der Waals surface area contributed by atoms with E-state index in [-0.39, 0.29) is 0 Å². The van der Waals surface area contributed by atoms with Gasteiger partial charge in [0.1, 0.15) is 4.88 Å². The molecule has 0 unspecified atom stereocenters. The molecule has 0 bridgehead atoms. The van der Waals surface area contributed by atoms with Crippen LogP contribution in [-0.4, -0.2) is 12.1 Å². The summed E-state index contributed by atoms with van der Waals surface area (Å²) in [6.45, 7) is 0. The van der Waals surface area contributed by atoms with Crippen molar-refractivity contribution in [2.24, 2.45) is 5.10 Å². The van der Waals surface area contributed by atoms with Gasteiger partial charge in [-0.15, -0.1) is 11.3 Å². The minimum absolute atomic E-state index is 0.375. The van der Waals surface area contributed by atoms with Gasteiger partial charge in [-0.2, -0.15) is 5.10 Å². The highest BCUT2D eigenvalue weighted by atomic mass is 35.5. The van der Waals surface area contributed by atoms with Crippen LogP contribution in [0.4, 0.5) is 0 Å². The Hall–Kier alpha value is -1.30. The summed E-state index contributed by atoms with van der Waals surface area (Å²) in [7, 11) is 0. The molecule has 1 N–H and O–H groups in total. The molecule has 1 amide bonds. The molecule has 0 fully saturated rings. The van der Waals surface area contributed by atoms with Gasteiger partial charge in [0.25, 0.3) is 5.91 Å². The highest BCUT2D eigenvalue weighted by Crippen LogP contribution is 2.36. The second kappa shape index (κ2) is 7.30. The third kappa shape index (κ3) is 3.68. The Morgan fingerprint density at radius 3 is 2.58 bits per heavy atom. The molecule has 3 nitrogen and oxygen atoms in total. The van der Waals surface area contributed by atoms with Crippen molar-refractivity contribution < 1.29 is 4.79 Å². The maximum Gasteiger partial charge on any atom is 0.283 e. The topological polar surface area (TPSA) is 41.5 Å². The summed E-state index contributed by atoms with van der Waals surface area (Å²) in [5.74, 6) is -0.395. The van der Waals surface area contributed by atoms with Crippen LogP contribution in [0.2, 0.25) is 20.1 Å². The average molecular weight is 418 g/mol. The summed E-state index contributed by atoms with van der Waals surface area (Å²) in [5, 5.41) is 6.53. The van der Waals surface area contributed by atoms with Gasteiger partial charge >= 0.3 is 0 Å². The zero-order chi connectivity index (χ0) is 17.3. The van der Waals surface area contributed by atoms with Crippen LogP contribution in [0.3, 0.4) is 0 Å². The number of hydrazone groups is 1. The molecular formula is C16H8Cl4N2OS. The highest BCUT2D eigenvalue weighted by molar-refractivity contribution is 7.21. The molecular weight excluding hydrogens is 410 g/mol. The predicted molar refractivity (Wildman–Crippen MR) is 103 cm³/mol. The van der Waals surface area contributed by atoms with Crippen LogP contribution in [0.1, 0.15) is 15.2 Å². The Morgan fingerprint density at radius 1 is 1.04 bits per heavy atom. The molecule has 0 aliphatic rings. The van der Waals surface area contributed by atoms with Crippen molar-refractivity contribution >= 4 is 79.9 Å². The molecule has 0 spiro atoms. The molecule has 0 aliphatic heterocycles. The van der Waals surface area contributed by atoms with Crippen molar-refractivity contribution in [2.45, 2.75) is 0 Å². The summed E-state index contributed by atoms with van der Waals surface area (Å²) in [6.07, 6.45) is 1.47. The van der Waals surface area contributed by atoms with Crippen molar-refractivity contribution in [2.75, 3.05) is 0 Å². The maximum absolute atomic E-state index is 12.3. The number of carbonyl (C=O) groups excluding carboxylic acids is 1. The number of nitrogens with one attached hydrogen (secondary N) is 1. The Morgan fingerprint density at radius 2 is 1.83 bits per heavy atom. The van der Waals surface area contributed by atoms with Gasteiger partial charge in [-0.1, -0.05) is 58.5 Å². The van der Waals surface area contributed by atoms with Gasteiger partial charge in [-0.25, -0.2) is 5.43 Å². The molecule has 0 radical (unpaired) electrons. The summed E-state index contributed by atoms with van der Waals surface area (Å²) < 4.78 is 0.839. The molecule has 122 valence electrons. The number of fused-ring (bicyclic) bond motifs is 1. The average Bonchev–Trinajstić information content (AvgIpc) is 2.87. The lowest BCUT2D eigenvalue weighted by molar-refractivity contribution is 0.0959. The molecule has 0 aliphatic carbocycles. The van der Waals surface area contributed by atoms with E-state index in [1.165, 1.54) is 17.6 Å². The molecule has 1 heterocycles. The van der Waals surface area contributed by atoms with E-state index in [0.29, 0.717) is 30.5 Å². The number of halogens is 4. The molecule has 2 aromatic carbocycles. The van der Waals surface area contributed by atoms with Gasteiger partial charge in [-0.05, 0) is 29.8 Å². The first-order valence-corrected chi connectivity index (χ1v) is 8.94. The zero-order valence-electron chi connectivity index (χ0n) is 11.8. The number of carbonyl (C=O) groups is 1. The summed E-state index contributed by atoms with van der Waals surface area (Å²) in [5.41, 5.74) is 3.15. The molecule has 3 aromatic rings. The molecule has 8 heteroatoms. The fourth-order valence-corrected chi connectivity index (χ4v) is 3.98. The minimum atomic E-state index is -0.395. The van der Waals surface area contributed by atoms with Crippen molar-refractivity contribution in [1.29, 1.82) is 0 Å². The molecule has 0 saturated heterocycles. The molecule has 1 aromatic heterocycles. The highest BCUT2D eigenvalue weighted by Gasteiger charge is 2.16. The van der Waals surface area contributed by atoms with Crippen molar-refractivity contribution in [3.63, 3.8) is 0 Å². The van der Waals surface area contributed by atoms with Crippen LogP contribution in [0.5, 0.6) is 0 Å². The summed E-state index contributed by atoms with van der Waals surface area (Å²) in [6, 6.07) is 10.3. The lowest BCUT2D eigenvalue weighted by Crippen LogP contribution is -2.16. The molecule has 3 rings (SSSR count). The third-order valence-electron chi connectivity index (χ3n) is 3.12. The Balaban J connectivity index is 1.78. The summed E-state index contributed by atoms with van der Waals surface area (Å²) >= 11 is 25.2. The van der Waals surface area contributed by atoms with Crippen LogP contribution in [-0.2, 0) is 0 Å². The van der Waals surface area contributed by atoms with Gasteiger partial charge < -0.3 is 0 Å². The Labute approximate surface area is 161 Å². The smallest absolute Gasteiger partial charge is 0.266 e. The Kier molecular flexibility index (Phi) is 5.33. The van der Waals surface area contributed by atoms with Crippen molar-refractivity contribution in [3.8, 4) is 0 Å². The SMILES string of the molecule is O=C(N/N=C/c1ccc(Cl)c(Cl)c1)c1sc2cc(Cl)ccc2c1Cl. The fourth-order valence-electron chi connectivity index (χ4n) is 1.99. The van der Waals surface area contributed by atoms with E-state index in [0.717, 1.165) is 10.1 Å². The second-order valence-corrected chi connectivity index (χ2v) is 7.44. The number of thiophene rings is 1. The lowest BCUT2D eigenvalue weighted by atomic mass is 10.2. The molecule has 0 atom stereocenters. The van der Waals surface area contributed by atoms with Gasteiger partial charge in [0.05, 0.1) is 21.3 Å². The first kappa shape index (κ1) is 17.5. The fraction of sp³-hybridized carbons (Fsp3) is 0. The van der Waals surface area contributed by atoms with E-state index >= 15 is 0 Å². The van der Waals surface area contributed by atoms with Crippen LogP contribution >= 0.6 is 57.7 Å². The minimum Gasteiger partial charge on any atom is -0.266 e. The molecule has 24 heavy (non-hydrogen) atoms. The van der Waals surface area contributed by atoms with Gasteiger partial charge in [-0.3, -0.25) is 4.79 Å². The number of nitrogens with zero attached hydrogens (tertiary/aromatic N) is 1. The van der Waals surface area contributed by atoms with Crippen LogP contribution in [0, 0.1) is 0 Å². The quantitative estimate of drug-likeness (QED) is 0.395. The van der Waals surface area contributed by atoms with Gasteiger partial charge in [0.2, 0.25) is 0 Å². The van der Waals surface area contributed by atoms with E-state index in [1.54, 1.807) is 36.4 Å². The van der Waals surface area contributed by atoms with Crippen molar-refractivity contribution in [3.05, 3.63) is 66.9 Å². The number of rotatable bonds is 3. The van der Waals surface area contributed by atoms with Crippen LogP contribution in [0.15, 0.2) is 41.5 Å². The Bertz CT molecular complexity index is 968. The molecule has 0 saturated carbocycles. The zero-order valence-corrected chi connectivity index (χ0v) is 15.7. The summed E-state index contributed by atoms with van der Waals surface area (Å²) in [4.78, 5) is 12.6. The monoisotopic (exact) mass is 416 g/mol. The third-order valence-corrected chi connectivity index (χ3v) is 5.75. The standard InChI is InChI=1S/C16H8Cl4N2OS/c17-9-2-3-10-13(6-9)24-15(14(10)20)16(23)22-21-7-8-1-4-11(18)12(19)5-8/h1-7H,(H,22,23)/b21-7+. The lowest BCUT2D eigenvalue weighted by Gasteiger charge is -1.99. The van der Waals surface area contributed by atoms with E-state index in [2.05, 4.69) is 10.5 Å². The van der Waals surface area contributed by atoms with Gasteiger partial charge in [0, 0.05) is 15.1 Å². The van der Waals surface area contributed by atoms with Crippen molar-refractivity contribution in [1.82, 2.24) is 5.43 Å². The number of hydrogen-bond acceptors (Lipinski definition) is 3. The van der Waals surface area contributed by atoms with Gasteiger partial charge in [0.15, 0.2) is 0 Å². The largest absolute Gasteiger partial charge is 0.283 e. The van der Waals surface area contributed by atoms with E-state index in [9.17, 15) is 4.79 Å². The predicted octanol–water partition coefficient (Wildman–Crippen LogP) is 6.28. The van der Waals surface area contributed by atoms with E-state index < -0.39 is 5.91 Å². The van der Waals surface area contributed by atoms with Crippen LogP contribution in [0.25, 0.3) is 10.1 Å². The number of hydrogen-bond donors (Lipinski definition) is 1. The van der Waals surface area contributed by atoms with E-state index in [4.69, 9.17) is 46.4 Å².